The van der Waals surface area contributed by atoms with Gasteiger partial charge in [0, 0.05) is 30.6 Å². The Morgan fingerprint density at radius 2 is 1.87 bits per heavy atom. The molecule has 2 aromatic carbocycles. The summed E-state index contributed by atoms with van der Waals surface area (Å²) in [5.74, 6) is 1.33. The Kier molecular flexibility index (Phi) is 4.77. The third-order valence-electron chi connectivity index (χ3n) is 6.41. The van der Waals surface area contributed by atoms with Crippen LogP contribution in [0.4, 0.5) is 5.69 Å². The Balaban J connectivity index is 1.29. The number of para-hydroxylation sites is 2. The molecule has 2 aliphatic heterocycles. The Morgan fingerprint density at radius 1 is 1.13 bits per heavy atom. The Bertz CT molecular complexity index is 1230. The van der Waals surface area contributed by atoms with Crippen LogP contribution in [0.1, 0.15) is 47.4 Å². The predicted molar refractivity (Wildman–Crippen MR) is 121 cm³/mol. The summed E-state index contributed by atoms with van der Waals surface area (Å²) in [6.07, 6.45) is 3.59. The number of benzene rings is 2. The van der Waals surface area contributed by atoms with Crippen LogP contribution in [-0.4, -0.2) is 54.6 Å². The van der Waals surface area contributed by atoms with Gasteiger partial charge in [0.05, 0.1) is 23.0 Å². The van der Waals surface area contributed by atoms with Crippen molar-refractivity contribution in [2.24, 2.45) is 0 Å². The summed E-state index contributed by atoms with van der Waals surface area (Å²) in [4.78, 5) is 23.2. The summed E-state index contributed by atoms with van der Waals surface area (Å²) in [6.45, 7) is 3.26. The van der Waals surface area contributed by atoms with Crippen molar-refractivity contribution >= 4 is 32.7 Å². The molecule has 1 aromatic heterocycles. The van der Waals surface area contributed by atoms with Gasteiger partial charge >= 0.3 is 0 Å². The van der Waals surface area contributed by atoms with Crippen LogP contribution in [0.5, 0.6) is 0 Å². The average molecular weight is 439 g/mol. The molecule has 1 saturated heterocycles. The summed E-state index contributed by atoms with van der Waals surface area (Å²) in [6, 6.07) is 13.3. The molecule has 0 radical (unpaired) electrons. The first-order valence-corrected chi connectivity index (χ1v) is 12.5. The third kappa shape index (κ3) is 3.59. The number of H-pyrrole nitrogens is 1. The fourth-order valence-electron chi connectivity index (χ4n) is 4.95. The van der Waals surface area contributed by atoms with Crippen molar-refractivity contribution in [1.82, 2.24) is 14.9 Å². The highest BCUT2D eigenvalue weighted by Crippen LogP contribution is 2.35. The number of piperidine rings is 1. The van der Waals surface area contributed by atoms with E-state index in [2.05, 4.69) is 4.98 Å². The maximum atomic E-state index is 13.1. The molecule has 1 atom stereocenters. The quantitative estimate of drug-likeness (QED) is 0.680. The van der Waals surface area contributed by atoms with Crippen LogP contribution >= 0.6 is 0 Å². The van der Waals surface area contributed by atoms with Crippen LogP contribution in [-0.2, 0) is 16.4 Å². The maximum Gasteiger partial charge on any atom is 0.253 e. The lowest BCUT2D eigenvalue weighted by Crippen LogP contribution is -2.38. The monoisotopic (exact) mass is 438 g/mol. The molecule has 0 aliphatic carbocycles. The summed E-state index contributed by atoms with van der Waals surface area (Å²) in [5.41, 5.74) is 4.26. The van der Waals surface area contributed by atoms with E-state index in [0.29, 0.717) is 36.7 Å². The molecule has 2 aliphatic rings. The number of aromatic amines is 1. The Morgan fingerprint density at radius 3 is 2.58 bits per heavy atom. The average Bonchev–Trinajstić information content (AvgIpc) is 3.32. The van der Waals surface area contributed by atoms with Crippen molar-refractivity contribution in [2.45, 2.75) is 38.1 Å². The van der Waals surface area contributed by atoms with Crippen LogP contribution in [0.15, 0.2) is 42.5 Å². The standard InChI is InChI=1S/C23H26N4O3S/c1-15-13-18-14-17(7-8-21(18)27(15)31(2,29)30)23(28)26-11-9-16(10-12-26)22-24-19-5-3-4-6-20(19)25-22/h3-8,14-16H,9-13H2,1-2H3,(H,24,25)/t15-/m1/s1. The molecule has 7 nitrogen and oxygen atoms in total. The van der Waals surface area contributed by atoms with Crippen molar-refractivity contribution in [3.05, 3.63) is 59.4 Å². The fraction of sp³-hybridized carbons (Fsp3) is 0.391. The number of fused-ring (bicyclic) bond motifs is 2. The summed E-state index contributed by atoms with van der Waals surface area (Å²) < 4.78 is 25.7. The molecule has 3 heterocycles. The van der Waals surface area contributed by atoms with Crippen molar-refractivity contribution in [2.75, 3.05) is 23.7 Å². The van der Waals surface area contributed by atoms with E-state index in [1.807, 2.05) is 42.2 Å². The molecule has 5 rings (SSSR count). The minimum absolute atomic E-state index is 0.0105. The molecule has 8 heteroatoms. The molecule has 31 heavy (non-hydrogen) atoms. The van der Waals surface area contributed by atoms with E-state index in [1.165, 1.54) is 10.6 Å². The topological polar surface area (TPSA) is 86.4 Å². The van der Waals surface area contributed by atoms with Gasteiger partial charge in [-0.3, -0.25) is 9.10 Å². The molecule has 0 unspecified atom stereocenters. The van der Waals surface area contributed by atoms with E-state index in [0.717, 1.165) is 35.3 Å². The van der Waals surface area contributed by atoms with Gasteiger partial charge < -0.3 is 9.88 Å². The lowest BCUT2D eigenvalue weighted by Gasteiger charge is -2.31. The predicted octanol–water partition coefficient (Wildman–Crippen LogP) is 3.29. The number of likely N-dealkylation sites (tertiary alicyclic amines) is 1. The molecule has 162 valence electrons. The largest absolute Gasteiger partial charge is 0.342 e. The number of hydrogen-bond donors (Lipinski definition) is 1. The summed E-state index contributed by atoms with van der Waals surface area (Å²) in [7, 11) is -3.33. The van der Waals surface area contributed by atoms with E-state index in [1.54, 1.807) is 12.1 Å². The molecular formula is C23H26N4O3S. The molecular weight excluding hydrogens is 412 g/mol. The first-order chi connectivity index (χ1) is 14.8. The van der Waals surface area contributed by atoms with Crippen molar-refractivity contribution in [3.63, 3.8) is 0 Å². The smallest absolute Gasteiger partial charge is 0.253 e. The summed E-state index contributed by atoms with van der Waals surface area (Å²) in [5, 5.41) is 0. The third-order valence-corrected chi connectivity index (χ3v) is 7.68. The SMILES string of the molecule is C[C@@H]1Cc2cc(C(=O)N3CCC(c4nc5ccccc5[nH]4)CC3)ccc2N1S(C)(=O)=O. The van der Waals surface area contributed by atoms with Crippen molar-refractivity contribution in [3.8, 4) is 0 Å². The lowest BCUT2D eigenvalue weighted by molar-refractivity contribution is 0.0711. The normalized spacial score (nSPS) is 19.7. The van der Waals surface area contributed by atoms with Gasteiger partial charge in [0.1, 0.15) is 5.82 Å². The summed E-state index contributed by atoms with van der Waals surface area (Å²) >= 11 is 0. The number of nitrogens with one attached hydrogen (secondary N) is 1. The van der Waals surface area contributed by atoms with Gasteiger partial charge in [-0.05, 0) is 62.1 Å². The number of nitrogens with zero attached hydrogens (tertiary/aromatic N) is 3. The van der Waals surface area contributed by atoms with Crippen LogP contribution in [0.25, 0.3) is 11.0 Å². The highest BCUT2D eigenvalue weighted by molar-refractivity contribution is 7.92. The van der Waals surface area contributed by atoms with Gasteiger partial charge in [0.2, 0.25) is 10.0 Å². The minimum atomic E-state index is -3.33. The second-order valence-corrected chi connectivity index (χ2v) is 10.5. The number of rotatable bonds is 3. The van der Waals surface area contributed by atoms with Gasteiger partial charge in [-0.2, -0.15) is 0 Å². The highest BCUT2D eigenvalue weighted by atomic mass is 32.2. The van der Waals surface area contributed by atoms with Crippen LogP contribution in [0, 0.1) is 0 Å². The van der Waals surface area contributed by atoms with Crippen molar-refractivity contribution < 1.29 is 13.2 Å². The van der Waals surface area contributed by atoms with E-state index in [-0.39, 0.29) is 11.9 Å². The molecule has 0 saturated carbocycles. The number of sulfonamides is 1. The van der Waals surface area contributed by atoms with E-state index < -0.39 is 10.0 Å². The van der Waals surface area contributed by atoms with Crippen LogP contribution in [0.3, 0.4) is 0 Å². The number of imidazole rings is 1. The molecule has 3 aromatic rings. The molecule has 0 spiro atoms. The van der Waals surface area contributed by atoms with Crippen LogP contribution in [0.2, 0.25) is 0 Å². The van der Waals surface area contributed by atoms with Gasteiger partial charge in [0.15, 0.2) is 0 Å². The maximum absolute atomic E-state index is 13.1. The number of hydrogen-bond acceptors (Lipinski definition) is 4. The number of anilines is 1. The van der Waals surface area contributed by atoms with E-state index in [4.69, 9.17) is 4.98 Å². The zero-order valence-corrected chi connectivity index (χ0v) is 18.5. The van der Waals surface area contributed by atoms with Gasteiger partial charge in [-0.15, -0.1) is 0 Å². The van der Waals surface area contributed by atoms with Crippen molar-refractivity contribution in [1.29, 1.82) is 0 Å². The number of amides is 1. The van der Waals surface area contributed by atoms with E-state index >= 15 is 0 Å². The Labute approximate surface area is 182 Å². The first-order valence-electron chi connectivity index (χ1n) is 10.7. The van der Waals surface area contributed by atoms with Gasteiger partial charge in [-0.25, -0.2) is 13.4 Å². The minimum Gasteiger partial charge on any atom is -0.342 e. The zero-order valence-electron chi connectivity index (χ0n) is 17.7. The lowest BCUT2D eigenvalue weighted by atomic mass is 9.95. The number of aromatic nitrogens is 2. The molecule has 0 bridgehead atoms. The fourth-order valence-corrected chi connectivity index (χ4v) is 6.21. The van der Waals surface area contributed by atoms with E-state index in [9.17, 15) is 13.2 Å². The number of carbonyl (C=O) groups is 1. The Hall–Kier alpha value is -2.87. The second-order valence-electron chi connectivity index (χ2n) is 8.66. The highest BCUT2D eigenvalue weighted by Gasteiger charge is 2.33. The van der Waals surface area contributed by atoms with Gasteiger partial charge in [0.25, 0.3) is 5.91 Å². The van der Waals surface area contributed by atoms with Crippen LogP contribution < -0.4 is 4.31 Å². The molecule has 1 fully saturated rings. The zero-order chi connectivity index (χ0) is 21.8. The molecule has 1 amide bonds. The second kappa shape index (κ2) is 7.37. The number of carbonyl (C=O) groups excluding carboxylic acids is 1. The first kappa shape index (κ1) is 20.1. The molecule has 1 N–H and O–H groups in total. The van der Waals surface area contributed by atoms with Gasteiger partial charge in [-0.1, -0.05) is 12.1 Å².